The van der Waals surface area contributed by atoms with Crippen molar-refractivity contribution in [3.63, 3.8) is 0 Å². The van der Waals surface area contributed by atoms with Gasteiger partial charge in [-0.2, -0.15) is 0 Å². The summed E-state index contributed by atoms with van der Waals surface area (Å²) in [6.45, 7) is 3.74. The van der Waals surface area contributed by atoms with E-state index >= 15 is 0 Å². The molecule has 1 N–H and O–H groups in total. The fraction of sp³-hybridized carbons (Fsp3) is 0.917. The topological polar surface area (TPSA) is 59.0 Å². The van der Waals surface area contributed by atoms with Crippen molar-refractivity contribution in [1.82, 2.24) is 4.90 Å². The van der Waals surface area contributed by atoms with Crippen LogP contribution in [0, 0.1) is 0 Å². The second kappa shape index (κ2) is 6.33. The zero-order chi connectivity index (χ0) is 12.1. The van der Waals surface area contributed by atoms with Crippen LogP contribution < -0.4 is 0 Å². The van der Waals surface area contributed by atoms with Crippen LogP contribution in [0.4, 0.5) is 0 Å². The minimum Gasteiger partial charge on any atom is -0.481 e. The van der Waals surface area contributed by atoms with Gasteiger partial charge in [-0.15, -0.1) is 0 Å². The fourth-order valence-electron chi connectivity index (χ4n) is 2.74. The molecule has 0 bridgehead atoms. The lowest BCUT2D eigenvalue weighted by Gasteiger charge is -2.40. The molecule has 2 aliphatic rings. The lowest BCUT2D eigenvalue weighted by molar-refractivity contribution is -0.141. The molecule has 98 valence electrons. The maximum Gasteiger partial charge on any atom is 0.305 e. The number of aliphatic carboxylic acids is 1. The molecule has 0 aromatic heterocycles. The molecule has 0 saturated carbocycles. The number of ether oxygens (including phenoxy) is 2. The third-order valence-corrected chi connectivity index (χ3v) is 3.57. The molecule has 2 aliphatic heterocycles. The first-order chi connectivity index (χ1) is 8.27. The van der Waals surface area contributed by atoms with Crippen molar-refractivity contribution in [1.29, 1.82) is 0 Å². The van der Waals surface area contributed by atoms with Crippen LogP contribution >= 0.6 is 0 Å². The molecule has 5 nitrogen and oxygen atoms in total. The van der Waals surface area contributed by atoms with Crippen LogP contribution in [0.3, 0.4) is 0 Å². The summed E-state index contributed by atoms with van der Waals surface area (Å²) in [7, 11) is 0. The smallest absolute Gasteiger partial charge is 0.305 e. The standard InChI is InChI=1S/C12H21NO4/c14-12(15)8-11-9-17-7-4-13(11)10-2-1-5-16-6-3-10/h10-11H,1-9H2,(H,14,15). The highest BCUT2D eigenvalue weighted by Crippen LogP contribution is 2.21. The molecule has 2 saturated heterocycles. The first-order valence-electron chi connectivity index (χ1n) is 6.40. The summed E-state index contributed by atoms with van der Waals surface area (Å²) in [5, 5.41) is 8.93. The van der Waals surface area contributed by atoms with Crippen LogP contribution in [0.5, 0.6) is 0 Å². The monoisotopic (exact) mass is 243 g/mol. The van der Waals surface area contributed by atoms with Gasteiger partial charge in [0.1, 0.15) is 0 Å². The number of nitrogens with zero attached hydrogens (tertiary/aromatic N) is 1. The zero-order valence-electron chi connectivity index (χ0n) is 10.1. The van der Waals surface area contributed by atoms with Gasteiger partial charge < -0.3 is 14.6 Å². The largest absolute Gasteiger partial charge is 0.481 e. The van der Waals surface area contributed by atoms with Gasteiger partial charge in [-0.3, -0.25) is 9.69 Å². The van der Waals surface area contributed by atoms with E-state index in [0.717, 1.165) is 39.0 Å². The Morgan fingerprint density at radius 2 is 2.12 bits per heavy atom. The number of hydrogen-bond donors (Lipinski definition) is 1. The number of carbonyl (C=O) groups is 1. The molecule has 0 aliphatic carbocycles. The minimum atomic E-state index is -0.740. The van der Waals surface area contributed by atoms with E-state index in [1.807, 2.05) is 0 Å². The van der Waals surface area contributed by atoms with Gasteiger partial charge in [0, 0.05) is 31.8 Å². The van der Waals surface area contributed by atoms with Crippen LogP contribution in [0.2, 0.25) is 0 Å². The van der Waals surface area contributed by atoms with E-state index in [2.05, 4.69) is 4.90 Å². The summed E-state index contributed by atoms with van der Waals surface area (Å²) >= 11 is 0. The summed E-state index contributed by atoms with van der Waals surface area (Å²) in [5.74, 6) is -0.740. The lowest BCUT2D eigenvalue weighted by atomic mass is 10.0. The number of carboxylic acids is 1. The van der Waals surface area contributed by atoms with Crippen molar-refractivity contribution in [3.05, 3.63) is 0 Å². The normalized spacial score (nSPS) is 32.0. The highest BCUT2D eigenvalue weighted by atomic mass is 16.5. The van der Waals surface area contributed by atoms with Crippen molar-refractivity contribution in [2.75, 3.05) is 33.0 Å². The molecule has 5 heteroatoms. The molecule has 2 fully saturated rings. The van der Waals surface area contributed by atoms with E-state index in [9.17, 15) is 4.79 Å². The molecule has 2 heterocycles. The van der Waals surface area contributed by atoms with Crippen LogP contribution in [0.1, 0.15) is 25.7 Å². The molecule has 0 aromatic carbocycles. The van der Waals surface area contributed by atoms with Crippen LogP contribution in [0.25, 0.3) is 0 Å². The van der Waals surface area contributed by atoms with E-state index in [1.165, 1.54) is 0 Å². The Kier molecular flexibility index (Phi) is 4.76. The third-order valence-electron chi connectivity index (χ3n) is 3.57. The van der Waals surface area contributed by atoms with Crippen LogP contribution in [0.15, 0.2) is 0 Å². The molecule has 2 atom stereocenters. The molecular weight excluding hydrogens is 222 g/mol. The molecule has 0 amide bonds. The van der Waals surface area contributed by atoms with Crippen molar-refractivity contribution >= 4 is 5.97 Å². The average Bonchev–Trinajstić information content (AvgIpc) is 2.57. The predicted molar refractivity (Wildman–Crippen MR) is 62.0 cm³/mol. The number of rotatable bonds is 3. The number of carboxylic acid groups (broad SMARTS) is 1. The summed E-state index contributed by atoms with van der Waals surface area (Å²) in [4.78, 5) is 13.2. The molecule has 2 unspecified atom stereocenters. The van der Waals surface area contributed by atoms with Crippen molar-refractivity contribution in [2.45, 2.75) is 37.8 Å². The Labute approximate surface area is 102 Å². The van der Waals surface area contributed by atoms with Gasteiger partial charge in [0.05, 0.1) is 19.6 Å². The van der Waals surface area contributed by atoms with Crippen LogP contribution in [-0.2, 0) is 14.3 Å². The molecule has 0 aromatic rings. The molecular formula is C12H21NO4. The average molecular weight is 243 g/mol. The van der Waals surface area contributed by atoms with Gasteiger partial charge >= 0.3 is 5.97 Å². The molecule has 0 radical (unpaired) electrons. The highest BCUT2D eigenvalue weighted by Gasteiger charge is 2.31. The van der Waals surface area contributed by atoms with Crippen LogP contribution in [-0.4, -0.2) is 61.0 Å². The fourth-order valence-corrected chi connectivity index (χ4v) is 2.74. The van der Waals surface area contributed by atoms with Gasteiger partial charge in [-0.25, -0.2) is 0 Å². The van der Waals surface area contributed by atoms with E-state index in [1.54, 1.807) is 0 Å². The van der Waals surface area contributed by atoms with Gasteiger partial charge in [-0.1, -0.05) is 0 Å². The third kappa shape index (κ3) is 3.66. The quantitative estimate of drug-likeness (QED) is 0.792. The van der Waals surface area contributed by atoms with Crippen molar-refractivity contribution in [3.8, 4) is 0 Å². The highest BCUT2D eigenvalue weighted by molar-refractivity contribution is 5.67. The lowest BCUT2D eigenvalue weighted by Crippen LogP contribution is -2.51. The molecule has 0 spiro atoms. The predicted octanol–water partition coefficient (Wildman–Crippen LogP) is 0.731. The van der Waals surface area contributed by atoms with Gasteiger partial charge in [0.2, 0.25) is 0 Å². The summed E-state index contributed by atoms with van der Waals surface area (Å²) < 4.78 is 10.9. The second-order valence-electron chi connectivity index (χ2n) is 4.76. The number of hydrogen-bond acceptors (Lipinski definition) is 4. The Morgan fingerprint density at radius 1 is 1.24 bits per heavy atom. The first-order valence-corrected chi connectivity index (χ1v) is 6.40. The Morgan fingerprint density at radius 3 is 2.94 bits per heavy atom. The first kappa shape index (κ1) is 12.8. The summed E-state index contributed by atoms with van der Waals surface area (Å²) in [5.41, 5.74) is 0. The van der Waals surface area contributed by atoms with E-state index in [-0.39, 0.29) is 12.5 Å². The van der Waals surface area contributed by atoms with E-state index in [0.29, 0.717) is 19.3 Å². The Hall–Kier alpha value is -0.650. The van der Waals surface area contributed by atoms with Gasteiger partial charge in [-0.05, 0) is 19.3 Å². The Bertz CT molecular complexity index is 251. The van der Waals surface area contributed by atoms with Crippen molar-refractivity contribution in [2.24, 2.45) is 0 Å². The van der Waals surface area contributed by atoms with E-state index < -0.39 is 5.97 Å². The SMILES string of the molecule is O=C(O)CC1COCCN1C1CCCOCC1. The number of morpholine rings is 1. The van der Waals surface area contributed by atoms with Crippen molar-refractivity contribution < 1.29 is 19.4 Å². The van der Waals surface area contributed by atoms with E-state index in [4.69, 9.17) is 14.6 Å². The maximum absolute atomic E-state index is 10.9. The molecule has 17 heavy (non-hydrogen) atoms. The Balaban J connectivity index is 1.96. The summed E-state index contributed by atoms with van der Waals surface area (Å²) in [6.07, 6.45) is 3.37. The minimum absolute atomic E-state index is 0.0318. The molecule has 2 rings (SSSR count). The zero-order valence-corrected chi connectivity index (χ0v) is 10.1. The van der Waals surface area contributed by atoms with Gasteiger partial charge in [0.15, 0.2) is 0 Å². The van der Waals surface area contributed by atoms with Gasteiger partial charge in [0.25, 0.3) is 0 Å². The summed E-state index contributed by atoms with van der Waals surface area (Å²) in [6, 6.07) is 0.495. The second-order valence-corrected chi connectivity index (χ2v) is 4.76. The maximum atomic E-state index is 10.9.